The lowest BCUT2D eigenvalue weighted by Crippen LogP contribution is -2.37. The summed E-state index contributed by atoms with van der Waals surface area (Å²) in [7, 11) is 0. The van der Waals surface area contributed by atoms with Crippen LogP contribution in [0.2, 0.25) is 0 Å². The summed E-state index contributed by atoms with van der Waals surface area (Å²) in [5.74, 6) is 0.0614. The van der Waals surface area contributed by atoms with E-state index < -0.39 is 17.2 Å². The van der Waals surface area contributed by atoms with E-state index in [1.165, 1.54) is 6.33 Å². The highest BCUT2D eigenvalue weighted by molar-refractivity contribution is 6.02. The Labute approximate surface area is 129 Å². The molecule has 0 bridgehead atoms. The SMILES string of the molecule is O=C(Nc1cc(=O)[nH]c(=O)[nH]1)c1cc(N2CCOCC2)ncn1. The summed E-state index contributed by atoms with van der Waals surface area (Å²) in [5.41, 5.74) is -1.19. The first-order chi connectivity index (χ1) is 11.1. The van der Waals surface area contributed by atoms with E-state index in [9.17, 15) is 14.4 Å². The molecule has 2 aromatic rings. The van der Waals surface area contributed by atoms with Crippen LogP contribution >= 0.6 is 0 Å². The third-order valence-corrected chi connectivity index (χ3v) is 3.23. The molecule has 1 aliphatic heterocycles. The number of aromatic nitrogens is 4. The molecular formula is C13H14N6O4. The van der Waals surface area contributed by atoms with Crippen LogP contribution < -0.4 is 21.5 Å². The van der Waals surface area contributed by atoms with Crippen molar-refractivity contribution in [3.8, 4) is 0 Å². The number of nitrogens with zero attached hydrogens (tertiary/aromatic N) is 3. The normalized spacial score (nSPS) is 14.5. The van der Waals surface area contributed by atoms with Crippen molar-refractivity contribution in [2.45, 2.75) is 0 Å². The zero-order valence-corrected chi connectivity index (χ0v) is 12.0. The van der Waals surface area contributed by atoms with Gasteiger partial charge < -0.3 is 15.0 Å². The second-order valence-corrected chi connectivity index (χ2v) is 4.82. The molecule has 0 unspecified atom stereocenters. The summed E-state index contributed by atoms with van der Waals surface area (Å²) in [6.45, 7) is 2.55. The molecule has 0 atom stereocenters. The van der Waals surface area contributed by atoms with Crippen molar-refractivity contribution in [1.82, 2.24) is 19.9 Å². The summed E-state index contributed by atoms with van der Waals surface area (Å²) >= 11 is 0. The first kappa shape index (κ1) is 14.9. The van der Waals surface area contributed by atoms with E-state index in [2.05, 4.69) is 20.3 Å². The van der Waals surface area contributed by atoms with Crippen molar-refractivity contribution >= 4 is 17.5 Å². The van der Waals surface area contributed by atoms with E-state index in [-0.39, 0.29) is 11.5 Å². The Bertz CT molecular complexity index is 795. The highest BCUT2D eigenvalue weighted by Crippen LogP contribution is 2.13. The number of carbonyl (C=O) groups excluding carboxylic acids is 1. The van der Waals surface area contributed by atoms with E-state index >= 15 is 0 Å². The summed E-state index contributed by atoms with van der Waals surface area (Å²) in [5, 5.41) is 2.42. The number of morpholine rings is 1. The lowest BCUT2D eigenvalue weighted by Gasteiger charge is -2.27. The van der Waals surface area contributed by atoms with Crippen LogP contribution in [-0.4, -0.2) is 52.1 Å². The van der Waals surface area contributed by atoms with Gasteiger partial charge in [0.15, 0.2) is 0 Å². The maximum atomic E-state index is 12.2. The topological polar surface area (TPSA) is 133 Å². The Morgan fingerprint density at radius 2 is 1.96 bits per heavy atom. The van der Waals surface area contributed by atoms with Gasteiger partial charge in [-0.3, -0.25) is 19.6 Å². The lowest BCUT2D eigenvalue weighted by atomic mass is 10.3. The molecular weight excluding hydrogens is 304 g/mol. The molecule has 0 aliphatic carbocycles. The Balaban J connectivity index is 1.79. The first-order valence-electron chi connectivity index (χ1n) is 6.91. The van der Waals surface area contributed by atoms with Gasteiger partial charge in [0.1, 0.15) is 23.7 Å². The number of ether oxygens (including phenoxy) is 1. The zero-order valence-electron chi connectivity index (χ0n) is 12.0. The number of rotatable bonds is 3. The highest BCUT2D eigenvalue weighted by atomic mass is 16.5. The van der Waals surface area contributed by atoms with Gasteiger partial charge in [-0.05, 0) is 0 Å². The second kappa shape index (κ2) is 6.40. The summed E-state index contributed by atoms with van der Waals surface area (Å²) in [4.78, 5) is 49.0. The quantitative estimate of drug-likeness (QED) is 0.657. The predicted molar refractivity (Wildman–Crippen MR) is 80.7 cm³/mol. The minimum absolute atomic E-state index is 0.00437. The molecule has 0 spiro atoms. The third kappa shape index (κ3) is 3.61. The Hall–Kier alpha value is -3.01. The van der Waals surface area contributed by atoms with Crippen LogP contribution in [0.15, 0.2) is 28.0 Å². The monoisotopic (exact) mass is 318 g/mol. The van der Waals surface area contributed by atoms with Crippen LogP contribution in [0.3, 0.4) is 0 Å². The average Bonchev–Trinajstić information content (AvgIpc) is 2.55. The number of hydrogen-bond acceptors (Lipinski definition) is 7. The molecule has 10 heteroatoms. The second-order valence-electron chi connectivity index (χ2n) is 4.82. The van der Waals surface area contributed by atoms with E-state index in [1.807, 2.05) is 9.88 Å². The summed E-state index contributed by atoms with van der Waals surface area (Å²) < 4.78 is 5.27. The number of H-pyrrole nitrogens is 2. The average molecular weight is 318 g/mol. The van der Waals surface area contributed by atoms with Crippen LogP contribution in [0.5, 0.6) is 0 Å². The van der Waals surface area contributed by atoms with Crippen LogP contribution in [0.25, 0.3) is 0 Å². The largest absolute Gasteiger partial charge is 0.378 e. The van der Waals surface area contributed by atoms with Gasteiger partial charge in [-0.1, -0.05) is 0 Å². The maximum absolute atomic E-state index is 12.2. The third-order valence-electron chi connectivity index (χ3n) is 3.23. The molecule has 10 nitrogen and oxygen atoms in total. The number of hydrogen-bond donors (Lipinski definition) is 3. The molecule has 0 aromatic carbocycles. The highest BCUT2D eigenvalue weighted by Gasteiger charge is 2.16. The van der Waals surface area contributed by atoms with E-state index in [0.29, 0.717) is 32.1 Å². The van der Waals surface area contributed by atoms with Crippen LogP contribution in [0, 0.1) is 0 Å². The van der Waals surface area contributed by atoms with Gasteiger partial charge in [-0.15, -0.1) is 0 Å². The fourth-order valence-electron chi connectivity index (χ4n) is 2.16. The predicted octanol–water partition coefficient (Wildman–Crippen LogP) is -1.06. The van der Waals surface area contributed by atoms with Gasteiger partial charge in [0, 0.05) is 25.2 Å². The molecule has 2 aromatic heterocycles. The minimum atomic E-state index is -0.704. The maximum Gasteiger partial charge on any atom is 0.327 e. The molecule has 1 fully saturated rings. The van der Waals surface area contributed by atoms with Crippen LogP contribution in [-0.2, 0) is 4.74 Å². The van der Waals surface area contributed by atoms with Crippen LogP contribution in [0.4, 0.5) is 11.6 Å². The molecule has 3 heterocycles. The Kier molecular flexibility index (Phi) is 4.15. The summed E-state index contributed by atoms with van der Waals surface area (Å²) in [6.07, 6.45) is 1.29. The van der Waals surface area contributed by atoms with Crippen molar-refractivity contribution in [2.75, 3.05) is 36.5 Å². The molecule has 0 radical (unpaired) electrons. The van der Waals surface area contributed by atoms with Crippen molar-refractivity contribution in [1.29, 1.82) is 0 Å². The Morgan fingerprint density at radius 1 is 1.17 bits per heavy atom. The fourth-order valence-corrected chi connectivity index (χ4v) is 2.16. The number of anilines is 2. The number of nitrogens with one attached hydrogen (secondary N) is 3. The molecule has 0 saturated carbocycles. The van der Waals surface area contributed by atoms with Gasteiger partial charge in [0.25, 0.3) is 11.5 Å². The van der Waals surface area contributed by atoms with Gasteiger partial charge in [0.05, 0.1) is 13.2 Å². The van der Waals surface area contributed by atoms with Crippen molar-refractivity contribution in [3.63, 3.8) is 0 Å². The smallest absolute Gasteiger partial charge is 0.327 e. The van der Waals surface area contributed by atoms with Gasteiger partial charge in [0.2, 0.25) is 0 Å². The molecule has 1 saturated heterocycles. The zero-order chi connectivity index (χ0) is 16.2. The molecule has 23 heavy (non-hydrogen) atoms. The molecule has 120 valence electrons. The Morgan fingerprint density at radius 3 is 2.70 bits per heavy atom. The van der Waals surface area contributed by atoms with E-state index in [4.69, 9.17) is 4.74 Å². The molecule has 3 rings (SSSR count). The van der Waals surface area contributed by atoms with Crippen molar-refractivity contribution in [3.05, 3.63) is 45.0 Å². The van der Waals surface area contributed by atoms with E-state index in [1.54, 1.807) is 6.07 Å². The number of carbonyl (C=O) groups is 1. The first-order valence-corrected chi connectivity index (χ1v) is 6.91. The van der Waals surface area contributed by atoms with Crippen molar-refractivity contribution < 1.29 is 9.53 Å². The summed E-state index contributed by atoms with van der Waals surface area (Å²) in [6, 6.07) is 2.62. The van der Waals surface area contributed by atoms with E-state index in [0.717, 1.165) is 6.07 Å². The number of aromatic amines is 2. The molecule has 1 amide bonds. The minimum Gasteiger partial charge on any atom is -0.378 e. The molecule has 3 N–H and O–H groups in total. The van der Waals surface area contributed by atoms with Gasteiger partial charge in [-0.25, -0.2) is 14.8 Å². The van der Waals surface area contributed by atoms with Gasteiger partial charge in [-0.2, -0.15) is 0 Å². The van der Waals surface area contributed by atoms with Crippen molar-refractivity contribution in [2.24, 2.45) is 0 Å². The lowest BCUT2D eigenvalue weighted by molar-refractivity contribution is 0.102. The standard InChI is InChI=1S/C13H14N6O4/c20-11-6-9(17-13(22)18-11)16-12(21)8-5-10(15-7-14-8)19-1-3-23-4-2-19/h5-7H,1-4H2,(H3,16,17,18,20,21,22). The number of amides is 1. The molecule has 1 aliphatic rings. The van der Waals surface area contributed by atoms with Crippen LogP contribution in [0.1, 0.15) is 10.5 Å². The van der Waals surface area contributed by atoms with Gasteiger partial charge >= 0.3 is 5.69 Å². The fraction of sp³-hybridized carbons (Fsp3) is 0.308.